The fourth-order valence-electron chi connectivity index (χ4n) is 3.37. The van der Waals surface area contributed by atoms with Crippen LogP contribution in [0.15, 0.2) is 64.8 Å². The van der Waals surface area contributed by atoms with Crippen molar-refractivity contribution in [3.8, 4) is 5.75 Å². The second kappa shape index (κ2) is 15.2. The summed E-state index contributed by atoms with van der Waals surface area (Å²) >= 11 is 0. The Balaban J connectivity index is 3.17. The first-order valence-corrected chi connectivity index (χ1v) is 11.8. The van der Waals surface area contributed by atoms with Gasteiger partial charge >= 0.3 is 5.97 Å². The molecular weight excluding hydrogens is 410 g/mol. The minimum atomic E-state index is -0.347. The second-order valence-corrected chi connectivity index (χ2v) is 9.02. The molecule has 0 bridgehead atoms. The maximum Gasteiger partial charge on any atom is 0.337 e. The molecule has 0 aromatic heterocycles. The van der Waals surface area contributed by atoms with Crippen molar-refractivity contribution in [1.82, 2.24) is 0 Å². The van der Waals surface area contributed by atoms with Gasteiger partial charge in [-0.25, -0.2) is 4.79 Å². The second-order valence-electron chi connectivity index (χ2n) is 9.02. The van der Waals surface area contributed by atoms with E-state index in [1.165, 1.54) is 29.4 Å². The molecule has 1 aromatic rings. The van der Waals surface area contributed by atoms with Gasteiger partial charge in [0.15, 0.2) is 0 Å². The summed E-state index contributed by atoms with van der Waals surface area (Å²) in [6.45, 7) is 14.4. The maximum absolute atomic E-state index is 12.2. The van der Waals surface area contributed by atoms with Crippen LogP contribution in [0.4, 0.5) is 5.69 Å². The van der Waals surface area contributed by atoms with Crippen molar-refractivity contribution in [2.24, 2.45) is 0 Å². The van der Waals surface area contributed by atoms with E-state index in [1.54, 1.807) is 13.2 Å². The number of hydrogen-bond acceptors (Lipinski definition) is 4. The molecule has 0 fully saturated rings. The molecule has 4 heteroatoms. The third kappa shape index (κ3) is 11.1. The topological polar surface area (TPSA) is 38.8 Å². The molecule has 33 heavy (non-hydrogen) atoms. The molecule has 0 aliphatic heterocycles. The van der Waals surface area contributed by atoms with Gasteiger partial charge in [-0.3, -0.25) is 0 Å². The minimum Gasteiger partial charge on any atom is -0.495 e. The number of benzene rings is 1. The fourth-order valence-corrected chi connectivity index (χ4v) is 3.37. The van der Waals surface area contributed by atoms with E-state index in [-0.39, 0.29) is 5.97 Å². The lowest BCUT2D eigenvalue weighted by atomic mass is 10.1. The van der Waals surface area contributed by atoms with Crippen molar-refractivity contribution in [3.05, 3.63) is 70.4 Å². The van der Waals surface area contributed by atoms with Crippen LogP contribution in [-0.4, -0.2) is 33.3 Å². The van der Waals surface area contributed by atoms with E-state index in [1.807, 2.05) is 12.1 Å². The third-order valence-electron chi connectivity index (χ3n) is 5.44. The van der Waals surface area contributed by atoms with E-state index in [9.17, 15) is 4.79 Å². The zero-order valence-corrected chi connectivity index (χ0v) is 22.0. The van der Waals surface area contributed by atoms with Gasteiger partial charge in [0.25, 0.3) is 0 Å². The minimum absolute atomic E-state index is 0.347. The first-order chi connectivity index (χ1) is 15.7. The van der Waals surface area contributed by atoms with Crippen molar-refractivity contribution in [2.75, 3.05) is 32.2 Å². The van der Waals surface area contributed by atoms with Crippen molar-refractivity contribution < 1.29 is 14.3 Å². The summed E-state index contributed by atoms with van der Waals surface area (Å²) in [6.07, 6.45) is 13.3. The number of allylic oxidation sites excluding steroid dienone is 6. The van der Waals surface area contributed by atoms with Crippen LogP contribution in [-0.2, 0) is 4.74 Å². The molecule has 0 aliphatic carbocycles. The van der Waals surface area contributed by atoms with Crippen molar-refractivity contribution in [3.63, 3.8) is 0 Å². The van der Waals surface area contributed by atoms with Gasteiger partial charge in [0.05, 0.1) is 25.5 Å². The van der Waals surface area contributed by atoms with Gasteiger partial charge in [-0.2, -0.15) is 0 Å². The molecule has 0 radical (unpaired) electrons. The zero-order valence-electron chi connectivity index (χ0n) is 22.0. The van der Waals surface area contributed by atoms with Gasteiger partial charge in [0.1, 0.15) is 5.75 Å². The van der Waals surface area contributed by atoms with E-state index >= 15 is 0 Å². The zero-order chi connectivity index (χ0) is 24.8. The van der Waals surface area contributed by atoms with Crippen LogP contribution < -0.4 is 9.64 Å². The fraction of sp³-hybridized carbons (Fsp3) is 0.483. The molecule has 1 aromatic carbocycles. The van der Waals surface area contributed by atoms with Crippen LogP contribution in [0.5, 0.6) is 5.75 Å². The van der Waals surface area contributed by atoms with E-state index < -0.39 is 0 Å². The van der Waals surface area contributed by atoms with Crippen molar-refractivity contribution in [2.45, 2.75) is 67.2 Å². The Hall–Kier alpha value is -2.75. The Labute approximate surface area is 201 Å². The lowest BCUT2D eigenvalue weighted by molar-refractivity contribution is 0.0600. The Morgan fingerprint density at radius 2 is 1.33 bits per heavy atom. The highest BCUT2D eigenvalue weighted by Crippen LogP contribution is 2.30. The van der Waals surface area contributed by atoms with E-state index in [2.05, 4.69) is 70.7 Å². The molecule has 1 rings (SSSR count). The molecule has 0 aliphatic rings. The van der Waals surface area contributed by atoms with Crippen LogP contribution in [0, 0.1) is 0 Å². The molecule has 0 unspecified atom stereocenters. The van der Waals surface area contributed by atoms with Crippen LogP contribution in [0.2, 0.25) is 0 Å². The monoisotopic (exact) mass is 453 g/mol. The largest absolute Gasteiger partial charge is 0.495 e. The van der Waals surface area contributed by atoms with E-state index in [0.717, 1.165) is 50.2 Å². The number of carbonyl (C=O) groups excluding carboxylic acids is 1. The van der Waals surface area contributed by atoms with Gasteiger partial charge in [-0.15, -0.1) is 0 Å². The number of hydrogen-bond donors (Lipinski definition) is 0. The quantitative estimate of drug-likeness (QED) is 0.227. The molecular formula is C29H43NO3. The molecule has 0 heterocycles. The molecule has 0 amide bonds. The number of rotatable bonds is 13. The van der Waals surface area contributed by atoms with E-state index in [4.69, 9.17) is 9.47 Å². The van der Waals surface area contributed by atoms with Crippen LogP contribution in [0.3, 0.4) is 0 Å². The van der Waals surface area contributed by atoms with Gasteiger partial charge in [0.2, 0.25) is 0 Å². The Bertz CT molecular complexity index is 842. The number of ether oxygens (including phenoxy) is 2. The summed E-state index contributed by atoms with van der Waals surface area (Å²) in [5, 5.41) is 0. The maximum atomic E-state index is 12.2. The predicted molar refractivity (Wildman–Crippen MR) is 141 cm³/mol. The predicted octanol–water partition coefficient (Wildman–Crippen LogP) is 7.67. The average Bonchev–Trinajstić information content (AvgIpc) is 2.77. The average molecular weight is 454 g/mol. The summed E-state index contributed by atoms with van der Waals surface area (Å²) in [5.41, 5.74) is 6.81. The molecule has 0 saturated carbocycles. The smallest absolute Gasteiger partial charge is 0.337 e. The highest BCUT2D eigenvalue weighted by Gasteiger charge is 2.15. The SMILES string of the molecule is COC(=O)c1ccc(OC)c(N(CC=C(C)CCC=C(C)C)CC=C(C)CCC=C(C)C)c1. The Morgan fingerprint density at radius 1 is 0.818 bits per heavy atom. The summed E-state index contributed by atoms with van der Waals surface area (Å²) in [6, 6.07) is 5.45. The number of anilines is 1. The summed E-state index contributed by atoms with van der Waals surface area (Å²) < 4.78 is 10.6. The lowest BCUT2D eigenvalue weighted by Crippen LogP contribution is -2.25. The van der Waals surface area contributed by atoms with Gasteiger partial charge in [-0.1, -0.05) is 46.6 Å². The van der Waals surface area contributed by atoms with Crippen molar-refractivity contribution >= 4 is 11.7 Å². The Morgan fingerprint density at radius 3 is 1.76 bits per heavy atom. The number of methoxy groups -OCH3 is 2. The molecule has 0 spiro atoms. The highest BCUT2D eigenvalue weighted by atomic mass is 16.5. The van der Waals surface area contributed by atoms with Crippen LogP contribution >= 0.6 is 0 Å². The molecule has 0 saturated heterocycles. The van der Waals surface area contributed by atoms with E-state index in [0.29, 0.717) is 5.56 Å². The number of carbonyl (C=O) groups is 1. The van der Waals surface area contributed by atoms with Gasteiger partial charge in [0, 0.05) is 13.1 Å². The lowest BCUT2D eigenvalue weighted by Gasteiger charge is -2.25. The molecule has 182 valence electrons. The first kappa shape index (κ1) is 28.3. The molecule has 0 atom stereocenters. The standard InChI is InChI=1S/C29H43NO3/c1-22(2)11-9-13-24(5)17-19-30(20-18-25(6)14-10-12-23(3)4)27-21-26(29(31)33-8)15-16-28(27)32-7/h11-12,15-18,21H,9-10,13-14,19-20H2,1-8H3. The first-order valence-electron chi connectivity index (χ1n) is 11.8. The molecule has 4 nitrogen and oxygen atoms in total. The summed E-state index contributed by atoms with van der Waals surface area (Å²) in [5.74, 6) is 0.398. The number of esters is 1. The highest BCUT2D eigenvalue weighted by molar-refractivity contribution is 5.91. The Kier molecular flexibility index (Phi) is 13.0. The number of nitrogens with zero attached hydrogens (tertiary/aromatic N) is 1. The van der Waals surface area contributed by atoms with Crippen molar-refractivity contribution in [1.29, 1.82) is 0 Å². The van der Waals surface area contributed by atoms with Gasteiger partial charge < -0.3 is 14.4 Å². The van der Waals surface area contributed by atoms with Crippen LogP contribution in [0.25, 0.3) is 0 Å². The summed E-state index contributed by atoms with van der Waals surface area (Å²) in [7, 11) is 3.07. The van der Waals surface area contributed by atoms with Crippen LogP contribution in [0.1, 0.15) is 77.6 Å². The third-order valence-corrected chi connectivity index (χ3v) is 5.44. The molecule has 0 N–H and O–H groups in total. The van der Waals surface area contributed by atoms with Gasteiger partial charge in [-0.05, 0) is 85.4 Å². The normalized spacial score (nSPS) is 11.6. The summed E-state index contributed by atoms with van der Waals surface area (Å²) in [4.78, 5) is 14.4.